The van der Waals surface area contributed by atoms with Crippen LogP contribution in [0.5, 0.6) is 0 Å². The van der Waals surface area contributed by atoms with Crippen molar-refractivity contribution in [1.82, 2.24) is 0 Å². The maximum Gasteiger partial charge on any atom is 0.517 e. The molecular weight excluding hydrogens is 328 g/mol. The second kappa shape index (κ2) is 5.20. The van der Waals surface area contributed by atoms with Crippen molar-refractivity contribution < 1.29 is 39.6 Å². The molecule has 0 aromatic heterocycles. The number of anilines is 1. The molecule has 0 fully saturated rings. The van der Waals surface area contributed by atoms with Gasteiger partial charge >= 0.3 is 21.7 Å². The van der Waals surface area contributed by atoms with Crippen LogP contribution in [0.1, 0.15) is 12.5 Å². The molecule has 1 aromatic carbocycles. The van der Waals surface area contributed by atoms with Gasteiger partial charge in [0.2, 0.25) is 5.91 Å². The second-order valence-corrected chi connectivity index (χ2v) is 5.56. The van der Waals surface area contributed by atoms with Crippen molar-refractivity contribution >= 4 is 21.6 Å². The Hall–Kier alpha value is -1.78. The molecular formula is C10H7F6NO3S. The van der Waals surface area contributed by atoms with Crippen LogP contribution >= 0.6 is 0 Å². The topological polar surface area (TPSA) is 54.5 Å². The number of alkyl halides is 6. The normalized spacial score (nSPS) is 13.1. The van der Waals surface area contributed by atoms with Crippen LogP contribution in [-0.2, 0) is 21.0 Å². The largest absolute Gasteiger partial charge is 0.517 e. The lowest BCUT2D eigenvalue weighted by molar-refractivity contribution is -0.137. The highest BCUT2D eigenvalue weighted by Gasteiger charge is 2.51. The summed E-state index contributed by atoms with van der Waals surface area (Å²) in [5.74, 6) is -1.51. The van der Waals surface area contributed by atoms with Crippen molar-refractivity contribution in [3.05, 3.63) is 29.8 Å². The monoisotopic (exact) mass is 335 g/mol. The molecule has 0 spiro atoms. The Bertz CT molecular complexity index is 632. The van der Waals surface area contributed by atoms with Gasteiger partial charge in [0.1, 0.15) is 0 Å². The number of benzene rings is 1. The highest BCUT2D eigenvalue weighted by Crippen LogP contribution is 2.34. The van der Waals surface area contributed by atoms with Crippen molar-refractivity contribution in [2.45, 2.75) is 18.6 Å². The first kappa shape index (κ1) is 17.3. The molecule has 0 saturated carbocycles. The SMILES string of the molecule is CC(=O)N(c1ccc(C(F)(F)F)cc1)S(=O)(=O)C(F)(F)F. The highest BCUT2D eigenvalue weighted by molar-refractivity contribution is 7.94. The lowest BCUT2D eigenvalue weighted by Crippen LogP contribution is -2.43. The standard InChI is InChI=1S/C10H7F6NO3S/c1-6(18)17(21(19,20)10(14,15)16)8-4-2-7(3-5-8)9(11,12)13/h2-5H,1H3. The molecule has 11 heteroatoms. The molecule has 1 rings (SSSR count). The zero-order valence-corrected chi connectivity index (χ0v) is 11.0. The average Bonchev–Trinajstić information content (AvgIpc) is 2.26. The van der Waals surface area contributed by atoms with Crippen LogP contribution in [0.25, 0.3) is 0 Å². The van der Waals surface area contributed by atoms with Gasteiger partial charge in [0.15, 0.2) is 0 Å². The first-order valence-corrected chi connectivity index (χ1v) is 6.52. The van der Waals surface area contributed by atoms with Gasteiger partial charge in [-0.05, 0) is 24.3 Å². The lowest BCUT2D eigenvalue weighted by atomic mass is 10.2. The Morgan fingerprint density at radius 3 is 1.71 bits per heavy atom. The van der Waals surface area contributed by atoms with Crippen LogP contribution in [0.4, 0.5) is 32.0 Å². The Balaban J connectivity index is 3.36. The molecule has 0 atom stereocenters. The van der Waals surface area contributed by atoms with Crippen LogP contribution in [0.2, 0.25) is 0 Å². The van der Waals surface area contributed by atoms with Gasteiger partial charge < -0.3 is 0 Å². The van der Waals surface area contributed by atoms with Crippen molar-refractivity contribution in [3.63, 3.8) is 0 Å². The van der Waals surface area contributed by atoms with E-state index in [4.69, 9.17) is 0 Å². The Morgan fingerprint density at radius 2 is 1.43 bits per heavy atom. The quantitative estimate of drug-likeness (QED) is 0.781. The van der Waals surface area contributed by atoms with Gasteiger partial charge in [-0.2, -0.15) is 39.1 Å². The fourth-order valence-corrected chi connectivity index (χ4v) is 2.32. The smallest absolute Gasteiger partial charge is 0.274 e. The predicted molar refractivity (Wildman–Crippen MR) is 59.6 cm³/mol. The Morgan fingerprint density at radius 1 is 1.00 bits per heavy atom. The molecule has 0 aliphatic heterocycles. The number of carbonyl (C=O) groups is 1. The number of hydrogen-bond acceptors (Lipinski definition) is 3. The van der Waals surface area contributed by atoms with E-state index in [9.17, 15) is 39.6 Å². The van der Waals surface area contributed by atoms with Gasteiger partial charge in [-0.1, -0.05) is 0 Å². The number of halogens is 6. The van der Waals surface area contributed by atoms with E-state index < -0.39 is 43.2 Å². The van der Waals surface area contributed by atoms with E-state index in [2.05, 4.69) is 0 Å². The summed E-state index contributed by atoms with van der Waals surface area (Å²) in [5, 5.41) is 0. The summed E-state index contributed by atoms with van der Waals surface area (Å²) in [6.45, 7) is 0.543. The Kier molecular flexibility index (Phi) is 4.28. The van der Waals surface area contributed by atoms with Crippen molar-refractivity contribution in [1.29, 1.82) is 0 Å². The summed E-state index contributed by atoms with van der Waals surface area (Å²) in [4.78, 5) is 11.1. The third kappa shape index (κ3) is 3.46. The number of hydrogen-bond donors (Lipinski definition) is 0. The summed E-state index contributed by atoms with van der Waals surface area (Å²) in [5.41, 5.74) is -7.80. The molecule has 0 aliphatic rings. The molecule has 1 aromatic rings. The van der Waals surface area contributed by atoms with Crippen molar-refractivity contribution in [2.24, 2.45) is 0 Å². The number of carbonyl (C=O) groups excluding carboxylic acids is 1. The minimum Gasteiger partial charge on any atom is -0.274 e. The Labute approximate surface area is 115 Å². The van der Waals surface area contributed by atoms with E-state index in [1.54, 1.807) is 0 Å². The van der Waals surface area contributed by atoms with Gasteiger partial charge in [0, 0.05) is 6.92 Å². The first-order valence-electron chi connectivity index (χ1n) is 5.08. The van der Waals surface area contributed by atoms with Crippen LogP contribution in [-0.4, -0.2) is 19.8 Å². The minimum absolute atomic E-state index is 0.372. The van der Waals surface area contributed by atoms with Crippen molar-refractivity contribution in [3.8, 4) is 0 Å². The van der Waals surface area contributed by atoms with Crippen LogP contribution in [0.15, 0.2) is 24.3 Å². The van der Waals surface area contributed by atoms with E-state index >= 15 is 0 Å². The fourth-order valence-electron chi connectivity index (χ4n) is 1.38. The van der Waals surface area contributed by atoms with Crippen LogP contribution < -0.4 is 4.31 Å². The summed E-state index contributed by atoms with van der Waals surface area (Å²) in [7, 11) is -6.04. The highest BCUT2D eigenvalue weighted by atomic mass is 32.2. The number of sulfonamides is 1. The van der Waals surface area contributed by atoms with Gasteiger partial charge in [0.05, 0.1) is 11.3 Å². The summed E-state index contributed by atoms with van der Waals surface area (Å²) in [6, 6.07) is 1.68. The molecule has 4 nitrogen and oxygen atoms in total. The summed E-state index contributed by atoms with van der Waals surface area (Å²) in [6.07, 6.45) is -4.75. The molecule has 0 aliphatic carbocycles. The second-order valence-electron chi connectivity index (χ2n) is 3.78. The number of nitrogens with zero attached hydrogens (tertiary/aromatic N) is 1. The van der Waals surface area contributed by atoms with Gasteiger partial charge in [0.25, 0.3) is 0 Å². The van der Waals surface area contributed by atoms with Gasteiger partial charge in [-0.3, -0.25) is 4.79 Å². The molecule has 0 bridgehead atoms. The van der Waals surface area contributed by atoms with E-state index in [1.807, 2.05) is 0 Å². The number of rotatable bonds is 2. The molecule has 0 unspecified atom stereocenters. The average molecular weight is 335 g/mol. The van der Waals surface area contributed by atoms with Gasteiger partial charge in [-0.25, -0.2) is 0 Å². The van der Waals surface area contributed by atoms with E-state index in [0.29, 0.717) is 31.2 Å². The zero-order valence-electron chi connectivity index (χ0n) is 10.2. The first-order chi connectivity index (χ1) is 9.28. The van der Waals surface area contributed by atoms with Crippen molar-refractivity contribution in [2.75, 3.05) is 4.31 Å². The van der Waals surface area contributed by atoms with Crippen LogP contribution in [0, 0.1) is 0 Å². The van der Waals surface area contributed by atoms with E-state index in [1.165, 1.54) is 0 Å². The maximum atomic E-state index is 12.4. The number of amides is 1. The fraction of sp³-hybridized carbons (Fsp3) is 0.300. The molecule has 0 N–H and O–H groups in total. The summed E-state index contributed by atoms with van der Waals surface area (Å²) >= 11 is 0. The molecule has 1 amide bonds. The molecule has 0 radical (unpaired) electrons. The molecule has 0 saturated heterocycles. The van der Waals surface area contributed by atoms with Gasteiger partial charge in [-0.15, -0.1) is 0 Å². The summed E-state index contributed by atoms with van der Waals surface area (Å²) < 4.78 is 96.1. The third-order valence-corrected chi connectivity index (χ3v) is 3.78. The van der Waals surface area contributed by atoms with Crippen LogP contribution in [0.3, 0.4) is 0 Å². The lowest BCUT2D eigenvalue weighted by Gasteiger charge is -2.22. The predicted octanol–water partition coefficient (Wildman–Crippen LogP) is 2.91. The molecule has 0 heterocycles. The zero-order chi connectivity index (χ0) is 16.6. The van der Waals surface area contributed by atoms with E-state index in [-0.39, 0.29) is 0 Å². The maximum absolute atomic E-state index is 12.4. The van der Waals surface area contributed by atoms with E-state index in [0.717, 1.165) is 0 Å². The minimum atomic E-state index is -6.04. The molecule has 118 valence electrons. The third-order valence-electron chi connectivity index (χ3n) is 2.25. The molecule has 21 heavy (non-hydrogen) atoms.